The molecule has 0 nitrogen and oxygen atoms in total. The zero-order valence-electron chi connectivity index (χ0n) is 6.62. The van der Waals surface area contributed by atoms with Crippen molar-refractivity contribution in [1.82, 2.24) is 0 Å². The number of rotatable bonds is 0. The molecule has 12 heavy (non-hydrogen) atoms. The van der Waals surface area contributed by atoms with Gasteiger partial charge in [-0.2, -0.15) is 0 Å². The first-order valence-corrected chi connectivity index (χ1v) is 3.65. The first-order valence-electron chi connectivity index (χ1n) is 3.65. The van der Waals surface area contributed by atoms with Crippen molar-refractivity contribution in [2.75, 3.05) is 0 Å². The van der Waals surface area contributed by atoms with Crippen molar-refractivity contribution in [3.05, 3.63) is 48.6 Å². The number of allylic oxidation sites excluding steroid dienone is 8. The fraction of sp³-hybridized carbons (Fsp3) is 0. The molecule has 0 atom stereocenters. The highest BCUT2D eigenvalue weighted by Gasteiger charge is 1.63. The van der Waals surface area contributed by atoms with E-state index in [1.165, 1.54) is 0 Å². The highest BCUT2D eigenvalue weighted by atomic mass is 13.7. The lowest BCUT2D eigenvalue weighted by atomic mass is 10.3. The average Bonchev–Trinajstić information content (AvgIpc) is 2.05. The third-order valence-corrected chi connectivity index (χ3v) is 1.11. The van der Waals surface area contributed by atoms with Gasteiger partial charge in [0.15, 0.2) is 0 Å². The van der Waals surface area contributed by atoms with Gasteiger partial charge in [-0.3, -0.25) is 0 Å². The van der Waals surface area contributed by atoms with E-state index in [0.717, 1.165) is 0 Å². The second-order valence-electron chi connectivity index (χ2n) is 2.01. The Kier molecular flexibility index (Phi) is 3.98. The molecular weight excluding hydrogens is 144 g/mol. The Bertz CT molecular complexity index is 318. The molecule has 0 spiro atoms. The summed E-state index contributed by atoms with van der Waals surface area (Å²) in [7, 11) is 0. The second-order valence-corrected chi connectivity index (χ2v) is 2.01. The van der Waals surface area contributed by atoms with E-state index >= 15 is 0 Å². The van der Waals surface area contributed by atoms with Crippen LogP contribution in [0, 0.1) is 23.7 Å². The lowest BCUT2D eigenvalue weighted by Gasteiger charge is -1.72. The fourth-order valence-electron chi connectivity index (χ4n) is 0.611. The minimum atomic E-state index is 1.73. The second kappa shape index (κ2) is 5.83. The largest absolute Gasteiger partial charge is 0.0702 e. The van der Waals surface area contributed by atoms with E-state index in [9.17, 15) is 0 Å². The van der Waals surface area contributed by atoms with Gasteiger partial charge in [0.1, 0.15) is 0 Å². The van der Waals surface area contributed by atoms with Gasteiger partial charge in [0.25, 0.3) is 0 Å². The predicted molar refractivity (Wildman–Crippen MR) is 52.1 cm³/mol. The molecule has 0 saturated carbocycles. The smallest absolute Gasteiger partial charge is 0.00316 e. The molecule has 0 bridgehead atoms. The summed E-state index contributed by atoms with van der Waals surface area (Å²) in [5, 5.41) is 0. The van der Waals surface area contributed by atoms with Crippen LogP contribution in [0.5, 0.6) is 0 Å². The molecule has 0 aliphatic heterocycles. The van der Waals surface area contributed by atoms with Crippen LogP contribution in [0.4, 0.5) is 0 Å². The molecule has 0 N–H and O–H groups in total. The molecule has 0 saturated heterocycles. The van der Waals surface area contributed by atoms with Crippen LogP contribution < -0.4 is 0 Å². The normalized spacial score (nSPS) is 24.0. The van der Waals surface area contributed by atoms with Crippen molar-refractivity contribution in [1.29, 1.82) is 0 Å². The molecule has 0 aromatic carbocycles. The topological polar surface area (TPSA) is 0 Å². The molecule has 0 heteroatoms. The lowest BCUT2D eigenvalue weighted by Crippen LogP contribution is -1.56. The van der Waals surface area contributed by atoms with E-state index in [4.69, 9.17) is 0 Å². The van der Waals surface area contributed by atoms with Crippen LogP contribution in [0.1, 0.15) is 0 Å². The van der Waals surface area contributed by atoms with Crippen molar-refractivity contribution in [2.24, 2.45) is 0 Å². The maximum atomic E-state index is 2.84. The Morgan fingerprint density at radius 3 is 1.33 bits per heavy atom. The van der Waals surface area contributed by atoms with E-state index in [1.807, 2.05) is 24.3 Å². The molecule has 0 amide bonds. The summed E-state index contributed by atoms with van der Waals surface area (Å²) in [4.78, 5) is 0. The van der Waals surface area contributed by atoms with Gasteiger partial charge in [0.05, 0.1) is 0 Å². The quantitative estimate of drug-likeness (QED) is 0.467. The molecule has 0 unspecified atom stereocenters. The van der Waals surface area contributed by atoms with Crippen LogP contribution in [-0.4, -0.2) is 0 Å². The van der Waals surface area contributed by atoms with Crippen LogP contribution >= 0.6 is 0 Å². The van der Waals surface area contributed by atoms with E-state index in [-0.39, 0.29) is 0 Å². The average molecular weight is 152 g/mol. The van der Waals surface area contributed by atoms with Gasteiger partial charge < -0.3 is 0 Å². The van der Waals surface area contributed by atoms with E-state index < -0.39 is 0 Å². The molecule has 0 aromatic heterocycles. The maximum Gasteiger partial charge on any atom is -0.00316 e. The highest BCUT2D eigenvalue weighted by Crippen LogP contribution is 1.80. The summed E-state index contributed by atoms with van der Waals surface area (Å²) in [5.74, 6) is 11.3. The lowest BCUT2D eigenvalue weighted by molar-refractivity contribution is 1.90. The number of hydrogen-bond donors (Lipinski definition) is 0. The zero-order chi connectivity index (χ0) is 8.49. The molecule has 56 valence electrons. The summed E-state index contributed by atoms with van der Waals surface area (Å²) in [6.07, 6.45) is 14.7. The van der Waals surface area contributed by atoms with Crippen LogP contribution in [0.2, 0.25) is 0 Å². The first-order chi connectivity index (χ1) is 6.00. The minimum Gasteiger partial charge on any atom is -0.0702 e. The monoisotopic (exact) mass is 152 g/mol. The van der Waals surface area contributed by atoms with Gasteiger partial charge in [-0.1, -0.05) is 48.0 Å². The van der Waals surface area contributed by atoms with Crippen LogP contribution in [-0.2, 0) is 0 Å². The summed E-state index contributed by atoms with van der Waals surface area (Å²) in [5.41, 5.74) is 0. The molecule has 1 rings (SSSR count). The Labute approximate surface area is 73.0 Å². The Hall–Kier alpha value is -1.92. The van der Waals surface area contributed by atoms with Crippen molar-refractivity contribution in [3.63, 3.8) is 0 Å². The Balaban J connectivity index is 2.78. The minimum absolute atomic E-state index is 1.73. The van der Waals surface area contributed by atoms with Crippen molar-refractivity contribution in [3.8, 4) is 23.7 Å². The SMILES string of the molecule is C1#C\C=C/C=C\C=C/C#C/C=C\1. The predicted octanol–water partition coefficient (Wildman–Crippen LogP) is 2.23. The van der Waals surface area contributed by atoms with Crippen LogP contribution in [0.3, 0.4) is 0 Å². The van der Waals surface area contributed by atoms with Gasteiger partial charge in [-0.25, -0.2) is 0 Å². The first kappa shape index (κ1) is 8.18. The summed E-state index contributed by atoms with van der Waals surface area (Å²) in [6.45, 7) is 0. The maximum absolute atomic E-state index is 2.84. The van der Waals surface area contributed by atoms with E-state index in [2.05, 4.69) is 23.7 Å². The highest BCUT2D eigenvalue weighted by molar-refractivity contribution is 5.33. The molecule has 1 aliphatic carbocycles. The molecule has 0 fully saturated rings. The molecule has 1 aliphatic rings. The van der Waals surface area contributed by atoms with Crippen LogP contribution in [0.15, 0.2) is 48.6 Å². The van der Waals surface area contributed by atoms with Gasteiger partial charge in [0, 0.05) is 0 Å². The van der Waals surface area contributed by atoms with Gasteiger partial charge in [-0.05, 0) is 24.3 Å². The summed E-state index contributed by atoms with van der Waals surface area (Å²) >= 11 is 0. The van der Waals surface area contributed by atoms with E-state index in [0.29, 0.717) is 0 Å². The van der Waals surface area contributed by atoms with Crippen molar-refractivity contribution >= 4 is 0 Å². The van der Waals surface area contributed by atoms with Gasteiger partial charge >= 0.3 is 0 Å². The third-order valence-electron chi connectivity index (χ3n) is 1.11. The summed E-state index contributed by atoms with van der Waals surface area (Å²) in [6, 6.07) is 0. The zero-order valence-corrected chi connectivity index (χ0v) is 6.62. The molecule has 0 radical (unpaired) electrons. The molecular formula is C12H8. The van der Waals surface area contributed by atoms with Crippen LogP contribution in [0.25, 0.3) is 0 Å². The van der Waals surface area contributed by atoms with Crippen molar-refractivity contribution < 1.29 is 0 Å². The Morgan fingerprint density at radius 1 is 0.417 bits per heavy atom. The third kappa shape index (κ3) is 3.99. The van der Waals surface area contributed by atoms with E-state index in [1.54, 1.807) is 24.3 Å². The number of hydrogen-bond acceptors (Lipinski definition) is 0. The van der Waals surface area contributed by atoms with Crippen molar-refractivity contribution in [2.45, 2.75) is 0 Å². The fourth-order valence-corrected chi connectivity index (χ4v) is 0.611. The molecule has 0 aromatic rings. The molecule has 0 heterocycles. The standard InChI is InChI=1S/C12H8/c1-2-4-6-8-10-12-11-9-7-5-3-1/h1-6,11-12H/b2-1-,3-1?,4-2?,5-3-,6-4-,12-11-. The van der Waals surface area contributed by atoms with Gasteiger partial charge in [-0.15, -0.1) is 0 Å². The summed E-state index contributed by atoms with van der Waals surface area (Å²) < 4.78 is 0. The Morgan fingerprint density at radius 2 is 0.833 bits per heavy atom. The van der Waals surface area contributed by atoms with Gasteiger partial charge in [0.2, 0.25) is 0 Å².